The smallest absolute Gasteiger partial charge is 0 e. The molecule has 58 valence electrons. The van der Waals surface area contributed by atoms with Crippen LogP contribution >= 0.6 is 0 Å². The Balaban J connectivity index is 0. The predicted molar refractivity (Wildman–Crippen MR) is 42.5 cm³/mol. The highest BCUT2D eigenvalue weighted by Gasteiger charge is 2.13. The van der Waals surface area contributed by atoms with Crippen molar-refractivity contribution in [2.75, 3.05) is 0 Å². The molecular formula is C8H20O. The molecule has 0 saturated heterocycles. The number of rotatable bonds is 0. The fraction of sp³-hybridized carbons (Fsp3) is 1.00. The molecule has 0 aliphatic heterocycles. The third kappa shape index (κ3) is 2.85. The van der Waals surface area contributed by atoms with Gasteiger partial charge in [0.1, 0.15) is 0 Å². The van der Waals surface area contributed by atoms with E-state index in [1.54, 1.807) is 0 Å². The van der Waals surface area contributed by atoms with Gasteiger partial charge < -0.3 is 5.48 Å². The Kier molecular flexibility index (Phi) is 3.87. The summed E-state index contributed by atoms with van der Waals surface area (Å²) in [5.41, 5.74) is 0. The topological polar surface area (TPSA) is 31.5 Å². The van der Waals surface area contributed by atoms with Gasteiger partial charge in [-0.2, -0.15) is 0 Å². The molecule has 1 saturated carbocycles. The standard InChI is InChI=1S/C8H16.H2O.H2/c1-7-3-5-8(2)6-4-7;;/h7-8H,3-6H2,1-2H3;1H2;1H. The molecule has 0 unspecified atom stereocenters. The molecule has 1 heteroatoms. The van der Waals surface area contributed by atoms with E-state index in [9.17, 15) is 0 Å². The minimum atomic E-state index is 0. The van der Waals surface area contributed by atoms with Gasteiger partial charge in [0, 0.05) is 1.43 Å². The van der Waals surface area contributed by atoms with Crippen molar-refractivity contribution in [3.05, 3.63) is 0 Å². The van der Waals surface area contributed by atoms with Crippen LogP contribution in [0.2, 0.25) is 0 Å². The van der Waals surface area contributed by atoms with Crippen LogP contribution < -0.4 is 0 Å². The molecule has 9 heavy (non-hydrogen) atoms. The summed E-state index contributed by atoms with van der Waals surface area (Å²) in [4.78, 5) is 0. The van der Waals surface area contributed by atoms with Gasteiger partial charge in [0.15, 0.2) is 0 Å². The highest BCUT2D eigenvalue weighted by atomic mass is 16.0. The second kappa shape index (κ2) is 3.89. The lowest BCUT2D eigenvalue weighted by molar-refractivity contribution is 0.308. The van der Waals surface area contributed by atoms with Gasteiger partial charge >= 0.3 is 0 Å². The fourth-order valence-electron chi connectivity index (χ4n) is 1.43. The average molecular weight is 132 g/mol. The molecule has 0 spiro atoms. The first-order valence-corrected chi connectivity index (χ1v) is 3.79. The van der Waals surface area contributed by atoms with E-state index in [1.165, 1.54) is 25.7 Å². The fourth-order valence-corrected chi connectivity index (χ4v) is 1.43. The van der Waals surface area contributed by atoms with Crippen molar-refractivity contribution in [2.24, 2.45) is 11.8 Å². The summed E-state index contributed by atoms with van der Waals surface area (Å²) in [6.45, 7) is 4.73. The zero-order chi connectivity index (χ0) is 5.98. The van der Waals surface area contributed by atoms with Gasteiger partial charge in [-0.25, -0.2) is 0 Å². The molecule has 1 fully saturated rings. The molecule has 1 nitrogen and oxygen atoms in total. The van der Waals surface area contributed by atoms with Crippen molar-refractivity contribution < 1.29 is 6.90 Å². The molecule has 0 aromatic heterocycles. The molecule has 0 amide bonds. The molecule has 0 heterocycles. The van der Waals surface area contributed by atoms with Crippen LogP contribution in [0.3, 0.4) is 0 Å². The first kappa shape index (κ1) is 8.96. The Hall–Kier alpha value is -0.0400. The Morgan fingerprint density at radius 2 is 1.11 bits per heavy atom. The Labute approximate surface area is 59.3 Å². The van der Waals surface area contributed by atoms with E-state index < -0.39 is 0 Å². The maximum absolute atomic E-state index is 2.37. The van der Waals surface area contributed by atoms with Crippen molar-refractivity contribution in [1.82, 2.24) is 0 Å². The average Bonchev–Trinajstić information content (AvgIpc) is 1.77. The van der Waals surface area contributed by atoms with Crippen LogP contribution in [0.15, 0.2) is 0 Å². The molecule has 1 rings (SSSR count). The van der Waals surface area contributed by atoms with Gasteiger partial charge in [0.25, 0.3) is 0 Å². The van der Waals surface area contributed by atoms with E-state index in [2.05, 4.69) is 13.8 Å². The van der Waals surface area contributed by atoms with Gasteiger partial charge in [-0.05, 0) is 11.8 Å². The predicted octanol–water partition coefficient (Wildman–Crippen LogP) is 2.25. The minimum Gasteiger partial charge on any atom is -0.412 e. The van der Waals surface area contributed by atoms with Gasteiger partial charge in [-0.3, -0.25) is 0 Å². The van der Waals surface area contributed by atoms with E-state index in [4.69, 9.17) is 0 Å². The van der Waals surface area contributed by atoms with Gasteiger partial charge in [-0.15, -0.1) is 0 Å². The normalized spacial score (nSPS) is 35.3. The summed E-state index contributed by atoms with van der Waals surface area (Å²) in [7, 11) is 0. The SMILES string of the molecule is CC1CCC(C)CC1.O.[HH]. The Morgan fingerprint density at radius 3 is 1.33 bits per heavy atom. The van der Waals surface area contributed by atoms with Crippen molar-refractivity contribution >= 4 is 0 Å². The molecule has 0 atom stereocenters. The van der Waals surface area contributed by atoms with E-state index in [-0.39, 0.29) is 6.90 Å². The second-order valence-electron chi connectivity index (χ2n) is 3.37. The first-order valence-electron chi connectivity index (χ1n) is 3.79. The van der Waals surface area contributed by atoms with E-state index in [0.29, 0.717) is 0 Å². The Bertz CT molecular complexity index is 57.7. The quantitative estimate of drug-likeness (QED) is 0.484. The van der Waals surface area contributed by atoms with Crippen LogP contribution in [-0.4, -0.2) is 5.48 Å². The molecule has 0 bridgehead atoms. The van der Waals surface area contributed by atoms with Gasteiger partial charge in [-0.1, -0.05) is 39.5 Å². The summed E-state index contributed by atoms with van der Waals surface area (Å²) < 4.78 is 0. The van der Waals surface area contributed by atoms with Crippen molar-refractivity contribution in [3.8, 4) is 0 Å². The van der Waals surface area contributed by atoms with Crippen molar-refractivity contribution in [3.63, 3.8) is 0 Å². The molecule has 0 aromatic carbocycles. The molecule has 0 aromatic rings. The van der Waals surface area contributed by atoms with Crippen LogP contribution in [0.25, 0.3) is 0 Å². The number of hydrogen-bond donors (Lipinski definition) is 0. The van der Waals surface area contributed by atoms with Crippen molar-refractivity contribution in [1.29, 1.82) is 0 Å². The largest absolute Gasteiger partial charge is 0.412 e. The summed E-state index contributed by atoms with van der Waals surface area (Å²) in [6, 6.07) is 0. The summed E-state index contributed by atoms with van der Waals surface area (Å²) in [5.74, 6) is 2.04. The first-order chi connectivity index (χ1) is 3.79. The molecular weight excluding hydrogens is 112 g/mol. The lowest BCUT2D eigenvalue weighted by atomic mass is 9.84. The summed E-state index contributed by atoms with van der Waals surface area (Å²) >= 11 is 0. The molecule has 2 N–H and O–H groups in total. The van der Waals surface area contributed by atoms with Crippen LogP contribution in [0.4, 0.5) is 0 Å². The van der Waals surface area contributed by atoms with E-state index >= 15 is 0 Å². The lowest BCUT2D eigenvalue weighted by Crippen LogP contribution is -2.08. The van der Waals surface area contributed by atoms with Crippen LogP contribution in [0.1, 0.15) is 41.0 Å². The highest BCUT2D eigenvalue weighted by molar-refractivity contribution is 4.65. The third-order valence-electron chi connectivity index (χ3n) is 2.30. The molecule has 1 aliphatic carbocycles. The second-order valence-corrected chi connectivity index (χ2v) is 3.37. The van der Waals surface area contributed by atoms with E-state index in [0.717, 1.165) is 11.8 Å². The molecule has 1 aliphatic rings. The van der Waals surface area contributed by atoms with Crippen LogP contribution in [-0.2, 0) is 0 Å². The van der Waals surface area contributed by atoms with Gasteiger partial charge in [0.05, 0.1) is 0 Å². The zero-order valence-corrected chi connectivity index (χ0v) is 6.48. The maximum Gasteiger partial charge on any atom is 0 e. The van der Waals surface area contributed by atoms with Crippen molar-refractivity contribution in [2.45, 2.75) is 39.5 Å². The monoisotopic (exact) mass is 132 g/mol. The third-order valence-corrected chi connectivity index (χ3v) is 2.30. The number of hydrogen-bond acceptors (Lipinski definition) is 0. The molecule has 0 radical (unpaired) electrons. The van der Waals surface area contributed by atoms with Crippen LogP contribution in [0, 0.1) is 11.8 Å². The van der Waals surface area contributed by atoms with E-state index in [1.807, 2.05) is 0 Å². The minimum absolute atomic E-state index is 0. The van der Waals surface area contributed by atoms with Crippen LogP contribution in [0.5, 0.6) is 0 Å². The van der Waals surface area contributed by atoms with Gasteiger partial charge in [0.2, 0.25) is 0 Å². The summed E-state index contributed by atoms with van der Waals surface area (Å²) in [6.07, 6.45) is 5.89. The highest BCUT2D eigenvalue weighted by Crippen LogP contribution is 2.27. The maximum atomic E-state index is 2.37. The zero-order valence-electron chi connectivity index (χ0n) is 6.48. The summed E-state index contributed by atoms with van der Waals surface area (Å²) in [5, 5.41) is 0. The lowest BCUT2D eigenvalue weighted by Gasteiger charge is -2.22. The Morgan fingerprint density at radius 1 is 0.889 bits per heavy atom.